The Morgan fingerprint density at radius 1 is 0.824 bits per heavy atom. The number of nitrogens with zero attached hydrogens (tertiary/aromatic N) is 3. The van der Waals surface area contributed by atoms with E-state index < -0.39 is 0 Å². The number of aliphatic imine (C=N–C) groups is 2. The summed E-state index contributed by atoms with van der Waals surface area (Å²) in [6, 6.07) is 0. The lowest BCUT2D eigenvalue weighted by molar-refractivity contribution is -0.112. The molecule has 0 fully saturated rings. The maximum absolute atomic E-state index is 12.2. The van der Waals surface area contributed by atoms with E-state index in [1.807, 2.05) is 13.0 Å². The number of carbonyl (C=O) groups is 1. The number of unbranched alkanes of at least 4 members (excludes halogenated alkanes) is 1. The molecule has 0 radical (unpaired) electrons. The van der Waals surface area contributed by atoms with Crippen LogP contribution in [0.25, 0.3) is 0 Å². The minimum absolute atomic E-state index is 0.0463. The first-order chi connectivity index (χ1) is 23.9. The maximum Gasteiger partial charge on any atom is 0.154 e. The van der Waals surface area contributed by atoms with Gasteiger partial charge in [0.1, 0.15) is 0 Å². The van der Waals surface area contributed by atoms with Crippen LogP contribution >= 0.6 is 0 Å². The highest BCUT2D eigenvalue weighted by Crippen LogP contribution is 2.19. The van der Waals surface area contributed by atoms with Gasteiger partial charge in [0.05, 0.1) is 11.4 Å². The minimum atomic E-state index is -0.0463. The first-order valence-corrected chi connectivity index (χ1v) is 20.3. The third-order valence-corrected chi connectivity index (χ3v) is 8.95. The molecule has 294 valence electrons. The van der Waals surface area contributed by atoms with E-state index >= 15 is 0 Å². The van der Waals surface area contributed by atoms with Crippen LogP contribution in [0.5, 0.6) is 0 Å². The van der Waals surface area contributed by atoms with Gasteiger partial charge in [-0.25, -0.2) is 0 Å². The lowest BCUT2D eigenvalue weighted by atomic mass is 9.99. The largest absolute Gasteiger partial charge is 0.372 e. The molecule has 4 heteroatoms. The molecule has 0 aliphatic heterocycles. The zero-order chi connectivity index (χ0) is 40.1. The summed E-state index contributed by atoms with van der Waals surface area (Å²) in [5, 5.41) is 0. The average Bonchev–Trinajstić information content (AvgIpc) is 3.08. The molecule has 0 bridgehead atoms. The van der Waals surface area contributed by atoms with Crippen molar-refractivity contribution in [1.29, 1.82) is 0 Å². The molecule has 0 spiro atoms. The molecule has 3 unspecified atom stereocenters. The van der Waals surface area contributed by atoms with E-state index in [1.54, 1.807) is 25.6 Å². The zero-order valence-corrected chi connectivity index (χ0v) is 37.2. The highest BCUT2D eigenvalue weighted by atomic mass is 16.1. The van der Waals surface area contributed by atoms with Gasteiger partial charge in [0.2, 0.25) is 0 Å². The fraction of sp³-hybridized carbons (Fsp3) is 0.681. The van der Waals surface area contributed by atoms with Crippen molar-refractivity contribution in [1.82, 2.24) is 4.90 Å². The second kappa shape index (κ2) is 31.9. The molecule has 0 aliphatic carbocycles. The van der Waals surface area contributed by atoms with Crippen LogP contribution in [0, 0.1) is 29.6 Å². The van der Waals surface area contributed by atoms with Crippen molar-refractivity contribution in [2.75, 3.05) is 20.1 Å². The minimum Gasteiger partial charge on any atom is -0.372 e. The summed E-state index contributed by atoms with van der Waals surface area (Å²) in [4.78, 5) is 24.2. The molecular formula is C47H85N3O. The van der Waals surface area contributed by atoms with E-state index in [1.165, 1.54) is 37.8 Å². The van der Waals surface area contributed by atoms with Gasteiger partial charge in [-0.3, -0.25) is 14.8 Å². The van der Waals surface area contributed by atoms with E-state index in [2.05, 4.69) is 145 Å². The molecule has 0 aromatic rings. The van der Waals surface area contributed by atoms with Crippen LogP contribution < -0.4 is 0 Å². The number of hydrogen-bond donors (Lipinski definition) is 0. The Morgan fingerprint density at radius 2 is 1.39 bits per heavy atom. The van der Waals surface area contributed by atoms with E-state index in [9.17, 15) is 4.79 Å². The molecule has 0 N–H and O–H groups in total. The van der Waals surface area contributed by atoms with Crippen molar-refractivity contribution >= 4 is 17.2 Å². The summed E-state index contributed by atoms with van der Waals surface area (Å²) in [5.74, 6) is 3.09. The van der Waals surface area contributed by atoms with Crippen molar-refractivity contribution < 1.29 is 4.79 Å². The molecule has 0 rings (SSSR count). The number of allylic oxidation sites excluding steroid dienone is 9. The summed E-state index contributed by atoms with van der Waals surface area (Å²) in [6.45, 7) is 43.0. The third kappa shape index (κ3) is 27.6. The smallest absolute Gasteiger partial charge is 0.154 e. The van der Waals surface area contributed by atoms with Gasteiger partial charge in [-0.2, -0.15) is 0 Å². The van der Waals surface area contributed by atoms with Gasteiger partial charge in [0, 0.05) is 37.6 Å². The summed E-state index contributed by atoms with van der Waals surface area (Å²) < 4.78 is 0. The van der Waals surface area contributed by atoms with Gasteiger partial charge < -0.3 is 4.90 Å². The predicted molar refractivity (Wildman–Crippen MR) is 234 cm³/mol. The molecule has 0 aromatic carbocycles. The van der Waals surface area contributed by atoms with Gasteiger partial charge in [-0.15, -0.1) is 0 Å². The Hall–Kier alpha value is -2.75. The lowest BCUT2D eigenvalue weighted by Gasteiger charge is -2.29. The zero-order valence-electron chi connectivity index (χ0n) is 37.2. The number of ketones is 1. The van der Waals surface area contributed by atoms with Crippen LogP contribution in [0.4, 0.5) is 0 Å². The molecule has 0 aliphatic rings. The number of rotatable bonds is 21. The SMILES string of the molecule is C=C(CC)/C(C)=C/C(=NC)C(=C/C(C)=O)/N=C(\C=C/C(=C\C)N(CCC(C)CC)CC(C)C)C(C)CC.CC(C)C.CCC/C=C(/C)C(C)CC. The van der Waals surface area contributed by atoms with Crippen LogP contribution in [0.15, 0.2) is 81.1 Å². The summed E-state index contributed by atoms with van der Waals surface area (Å²) in [6.07, 6.45) is 20.4. The molecule has 0 saturated carbocycles. The molecule has 4 nitrogen and oxygen atoms in total. The molecule has 51 heavy (non-hydrogen) atoms. The number of carbonyl (C=O) groups excluding carboxylic acids is 1. The third-order valence-electron chi connectivity index (χ3n) is 8.95. The van der Waals surface area contributed by atoms with Gasteiger partial charge in [-0.1, -0.05) is 133 Å². The molecule has 0 saturated heterocycles. The Balaban J connectivity index is -0.00000137. The van der Waals surface area contributed by atoms with Gasteiger partial charge >= 0.3 is 0 Å². The highest BCUT2D eigenvalue weighted by molar-refractivity contribution is 6.14. The Morgan fingerprint density at radius 3 is 1.80 bits per heavy atom. The topological polar surface area (TPSA) is 45.0 Å². The van der Waals surface area contributed by atoms with E-state index in [0.29, 0.717) is 23.2 Å². The Labute approximate surface area is 319 Å². The summed E-state index contributed by atoms with van der Waals surface area (Å²) in [5.41, 5.74) is 7.11. The average molecular weight is 708 g/mol. The molecule has 3 atom stereocenters. The van der Waals surface area contributed by atoms with Crippen LogP contribution in [-0.2, 0) is 4.79 Å². The highest BCUT2D eigenvalue weighted by Gasteiger charge is 2.14. The van der Waals surface area contributed by atoms with Crippen molar-refractivity contribution in [3.05, 3.63) is 71.1 Å². The van der Waals surface area contributed by atoms with Crippen LogP contribution in [0.3, 0.4) is 0 Å². The second-order valence-corrected chi connectivity index (χ2v) is 15.3. The normalized spacial score (nSPS) is 15.3. The molecule has 0 heterocycles. The first kappa shape index (κ1) is 52.6. The van der Waals surface area contributed by atoms with Crippen LogP contribution in [0.1, 0.15) is 163 Å². The van der Waals surface area contributed by atoms with E-state index in [4.69, 9.17) is 4.99 Å². The predicted octanol–water partition coefficient (Wildman–Crippen LogP) is 14.2. The summed E-state index contributed by atoms with van der Waals surface area (Å²) in [7, 11) is 1.75. The standard InChI is InChI=1S/C33H55N3O.C10H20.C4H10/c1-13-25(7)19-20-36(23-24(5)6)30(16-4)17-18-31(27(9)15-3)35-33(22-29(11)37)32(34-12)21-28(10)26(8)14-2;1-5-7-8-10(4)9(3)6-2;1-4(2)3/h16-18,21-22,24-25,27H,8,13-15,19-20,23H2,1-7,9-12H3;8-9H,5-7H2,1-4H3;4H,1-3H3/b18-17-,28-21+,30-16+,33-22-,34-32?,35-31+;10-8-;. The van der Waals surface area contributed by atoms with Crippen molar-refractivity contribution in [2.24, 2.45) is 39.6 Å². The van der Waals surface area contributed by atoms with Crippen molar-refractivity contribution in [2.45, 2.75) is 163 Å². The quantitative estimate of drug-likeness (QED) is 0.0516. The lowest BCUT2D eigenvalue weighted by Crippen LogP contribution is -2.28. The second-order valence-electron chi connectivity index (χ2n) is 15.3. The van der Waals surface area contributed by atoms with Crippen molar-refractivity contribution in [3.63, 3.8) is 0 Å². The van der Waals surface area contributed by atoms with Crippen LogP contribution in [-0.4, -0.2) is 42.2 Å². The van der Waals surface area contributed by atoms with Crippen molar-refractivity contribution in [3.8, 4) is 0 Å². The Bertz CT molecular complexity index is 1170. The first-order valence-electron chi connectivity index (χ1n) is 20.3. The number of hydrogen-bond acceptors (Lipinski definition) is 4. The monoisotopic (exact) mass is 708 g/mol. The molecular weight excluding hydrogens is 623 g/mol. The van der Waals surface area contributed by atoms with Gasteiger partial charge in [-0.05, 0) is 113 Å². The van der Waals surface area contributed by atoms with E-state index in [-0.39, 0.29) is 11.7 Å². The molecule has 0 aromatic heterocycles. The fourth-order valence-electron chi connectivity index (χ4n) is 4.65. The van der Waals surface area contributed by atoms with Gasteiger partial charge in [0.25, 0.3) is 0 Å². The maximum atomic E-state index is 12.2. The molecule has 0 amide bonds. The van der Waals surface area contributed by atoms with Gasteiger partial charge in [0.15, 0.2) is 5.78 Å². The summed E-state index contributed by atoms with van der Waals surface area (Å²) >= 11 is 0. The van der Waals surface area contributed by atoms with Crippen LogP contribution in [0.2, 0.25) is 0 Å². The van der Waals surface area contributed by atoms with E-state index in [0.717, 1.165) is 54.6 Å². The fourth-order valence-corrected chi connectivity index (χ4v) is 4.65. The Kier molecular flexibility index (Phi) is 33.0.